The molecule has 0 saturated carbocycles. The smallest absolute Gasteiger partial charge is 0.253 e. The molecule has 3 N–H and O–H groups in total. The number of sulfonamides is 1. The van der Waals surface area contributed by atoms with E-state index in [1.807, 2.05) is 51.1 Å². The number of nitrogens with two attached hydrogens (primary N) is 1. The van der Waals surface area contributed by atoms with Crippen LogP contribution < -0.4 is 10.5 Å². The SMILES string of the molecule is Cc1ccc(-n2c(C)ccc2C)c(C(=O)NCCc2ccc(S(N)(=O)=O)cc2)c1. The zero-order valence-corrected chi connectivity index (χ0v) is 17.6. The maximum atomic E-state index is 12.9. The van der Waals surface area contributed by atoms with E-state index in [1.165, 1.54) is 12.1 Å². The lowest BCUT2D eigenvalue weighted by atomic mass is 10.1. The van der Waals surface area contributed by atoms with Crippen molar-refractivity contribution in [1.29, 1.82) is 0 Å². The monoisotopic (exact) mass is 411 g/mol. The maximum Gasteiger partial charge on any atom is 0.253 e. The molecule has 29 heavy (non-hydrogen) atoms. The van der Waals surface area contributed by atoms with Crippen molar-refractivity contribution in [2.45, 2.75) is 32.1 Å². The first-order valence-corrected chi connectivity index (χ1v) is 10.9. The summed E-state index contributed by atoms with van der Waals surface area (Å²) in [4.78, 5) is 13.0. The number of hydrogen-bond acceptors (Lipinski definition) is 3. The highest BCUT2D eigenvalue weighted by Gasteiger charge is 2.15. The Balaban J connectivity index is 1.74. The fraction of sp³-hybridized carbons (Fsp3) is 0.227. The Morgan fingerprint density at radius 3 is 2.17 bits per heavy atom. The standard InChI is InChI=1S/C22H25N3O3S/c1-15-4-11-21(25-16(2)5-6-17(25)3)20(14-15)22(26)24-13-12-18-7-9-19(10-8-18)29(23,27)28/h4-11,14H,12-13H2,1-3H3,(H,24,26)(H2,23,27,28). The Morgan fingerprint density at radius 2 is 1.59 bits per heavy atom. The van der Waals surface area contributed by atoms with Gasteiger partial charge in [-0.1, -0.05) is 23.8 Å². The first-order chi connectivity index (χ1) is 13.7. The molecule has 0 radical (unpaired) electrons. The summed E-state index contributed by atoms with van der Waals surface area (Å²) in [5.41, 5.74) is 5.53. The number of carbonyl (C=O) groups excluding carboxylic acids is 1. The van der Waals surface area contributed by atoms with Crippen LogP contribution in [0.5, 0.6) is 0 Å². The minimum Gasteiger partial charge on any atom is -0.352 e. The van der Waals surface area contributed by atoms with E-state index < -0.39 is 10.0 Å². The van der Waals surface area contributed by atoms with Gasteiger partial charge in [-0.2, -0.15) is 0 Å². The van der Waals surface area contributed by atoms with Crippen molar-refractivity contribution in [3.05, 3.63) is 82.7 Å². The van der Waals surface area contributed by atoms with Crippen molar-refractivity contribution >= 4 is 15.9 Å². The normalized spacial score (nSPS) is 11.4. The Labute approximate surface area is 171 Å². The van der Waals surface area contributed by atoms with Gasteiger partial charge in [0.15, 0.2) is 0 Å². The molecule has 3 rings (SSSR count). The van der Waals surface area contributed by atoms with E-state index in [2.05, 4.69) is 9.88 Å². The molecule has 0 atom stereocenters. The van der Waals surface area contributed by atoms with E-state index in [0.717, 1.165) is 28.2 Å². The van der Waals surface area contributed by atoms with Gasteiger partial charge in [-0.05, 0) is 69.2 Å². The van der Waals surface area contributed by atoms with Crippen molar-refractivity contribution in [2.75, 3.05) is 6.54 Å². The molecule has 6 nitrogen and oxygen atoms in total. The minimum atomic E-state index is -3.70. The molecular weight excluding hydrogens is 386 g/mol. The number of nitrogens with one attached hydrogen (secondary N) is 1. The molecule has 1 aromatic heterocycles. The molecule has 2 aromatic carbocycles. The van der Waals surface area contributed by atoms with E-state index in [-0.39, 0.29) is 10.8 Å². The van der Waals surface area contributed by atoms with Gasteiger partial charge < -0.3 is 9.88 Å². The second-order valence-corrected chi connectivity index (χ2v) is 8.73. The number of hydrogen-bond donors (Lipinski definition) is 2. The summed E-state index contributed by atoms with van der Waals surface area (Å²) in [6.07, 6.45) is 0.583. The zero-order valence-electron chi connectivity index (χ0n) is 16.8. The number of aryl methyl sites for hydroxylation is 3. The quantitative estimate of drug-likeness (QED) is 0.653. The molecule has 1 amide bonds. The van der Waals surface area contributed by atoms with Crippen molar-refractivity contribution in [2.24, 2.45) is 5.14 Å². The van der Waals surface area contributed by atoms with E-state index in [1.54, 1.807) is 12.1 Å². The van der Waals surface area contributed by atoms with Gasteiger partial charge in [0.2, 0.25) is 10.0 Å². The van der Waals surface area contributed by atoms with Crippen LogP contribution in [0.3, 0.4) is 0 Å². The largest absolute Gasteiger partial charge is 0.352 e. The van der Waals surface area contributed by atoms with Crippen LogP contribution >= 0.6 is 0 Å². The van der Waals surface area contributed by atoms with E-state index in [9.17, 15) is 13.2 Å². The summed E-state index contributed by atoms with van der Waals surface area (Å²) in [5.74, 6) is -0.141. The van der Waals surface area contributed by atoms with Gasteiger partial charge in [-0.15, -0.1) is 0 Å². The lowest BCUT2D eigenvalue weighted by molar-refractivity contribution is 0.0954. The van der Waals surface area contributed by atoms with E-state index >= 15 is 0 Å². The van der Waals surface area contributed by atoms with Gasteiger partial charge in [-0.25, -0.2) is 13.6 Å². The predicted molar refractivity (Wildman–Crippen MR) is 114 cm³/mol. The molecule has 3 aromatic rings. The third-order valence-electron chi connectivity index (χ3n) is 4.86. The van der Waals surface area contributed by atoms with Crippen LogP contribution in [0.4, 0.5) is 0 Å². The lowest BCUT2D eigenvalue weighted by Gasteiger charge is -2.15. The third kappa shape index (κ3) is 4.75. The molecule has 1 heterocycles. The third-order valence-corrected chi connectivity index (χ3v) is 5.79. The van der Waals surface area contributed by atoms with Gasteiger partial charge in [0.25, 0.3) is 5.91 Å². The molecule has 0 aliphatic rings. The van der Waals surface area contributed by atoms with Crippen molar-refractivity contribution < 1.29 is 13.2 Å². The summed E-state index contributed by atoms with van der Waals surface area (Å²) in [6, 6.07) is 16.3. The number of amides is 1. The Hall–Kier alpha value is -2.90. The average Bonchev–Trinajstić information content (AvgIpc) is 3.00. The van der Waals surface area contributed by atoms with E-state index in [4.69, 9.17) is 5.14 Å². The first kappa shape index (κ1) is 20.8. The van der Waals surface area contributed by atoms with Gasteiger partial charge in [-0.3, -0.25) is 4.79 Å². The van der Waals surface area contributed by atoms with Gasteiger partial charge in [0.05, 0.1) is 16.1 Å². The molecule has 7 heteroatoms. The number of carbonyl (C=O) groups is 1. The number of rotatable bonds is 6. The summed E-state index contributed by atoms with van der Waals surface area (Å²) < 4.78 is 24.7. The van der Waals surface area contributed by atoms with Crippen LogP contribution in [-0.4, -0.2) is 25.4 Å². The second kappa shape index (κ2) is 8.23. The average molecular weight is 412 g/mol. The van der Waals surface area contributed by atoms with Crippen LogP contribution in [0.2, 0.25) is 0 Å². The van der Waals surface area contributed by atoms with Crippen LogP contribution in [0.15, 0.2) is 59.5 Å². The van der Waals surface area contributed by atoms with Gasteiger partial charge in [0.1, 0.15) is 0 Å². The number of aromatic nitrogens is 1. The predicted octanol–water partition coefficient (Wildman–Crippen LogP) is 3.02. The van der Waals surface area contributed by atoms with Crippen LogP contribution in [-0.2, 0) is 16.4 Å². The molecule has 0 saturated heterocycles. The molecule has 0 bridgehead atoms. The first-order valence-electron chi connectivity index (χ1n) is 9.33. The lowest BCUT2D eigenvalue weighted by Crippen LogP contribution is -2.27. The highest BCUT2D eigenvalue weighted by atomic mass is 32.2. The molecule has 0 spiro atoms. The molecular formula is C22H25N3O3S. The van der Waals surface area contributed by atoms with E-state index in [0.29, 0.717) is 18.5 Å². The molecule has 0 aliphatic carbocycles. The number of benzene rings is 2. The van der Waals surface area contributed by atoms with Crippen molar-refractivity contribution in [1.82, 2.24) is 9.88 Å². The summed E-state index contributed by atoms with van der Waals surface area (Å²) >= 11 is 0. The molecule has 0 fully saturated rings. The Kier molecular flexibility index (Phi) is 5.91. The highest BCUT2D eigenvalue weighted by molar-refractivity contribution is 7.89. The summed E-state index contributed by atoms with van der Waals surface area (Å²) in [7, 11) is -3.70. The summed E-state index contributed by atoms with van der Waals surface area (Å²) in [6.45, 7) is 6.42. The fourth-order valence-electron chi connectivity index (χ4n) is 3.34. The Morgan fingerprint density at radius 1 is 0.966 bits per heavy atom. The van der Waals surface area contributed by atoms with Gasteiger partial charge in [0, 0.05) is 17.9 Å². The van der Waals surface area contributed by atoms with Crippen LogP contribution in [0, 0.1) is 20.8 Å². The van der Waals surface area contributed by atoms with Crippen molar-refractivity contribution in [3.8, 4) is 5.69 Å². The highest BCUT2D eigenvalue weighted by Crippen LogP contribution is 2.21. The topological polar surface area (TPSA) is 94.2 Å². The molecule has 152 valence electrons. The van der Waals surface area contributed by atoms with Crippen LogP contribution in [0.25, 0.3) is 5.69 Å². The number of nitrogens with zero attached hydrogens (tertiary/aromatic N) is 1. The molecule has 0 aliphatic heterocycles. The van der Waals surface area contributed by atoms with Crippen LogP contribution in [0.1, 0.15) is 32.9 Å². The zero-order chi connectivity index (χ0) is 21.2. The van der Waals surface area contributed by atoms with Crippen molar-refractivity contribution in [3.63, 3.8) is 0 Å². The number of primary sulfonamides is 1. The minimum absolute atomic E-state index is 0.0761. The second-order valence-electron chi connectivity index (χ2n) is 7.17. The Bertz CT molecular complexity index is 1130. The van der Waals surface area contributed by atoms with Gasteiger partial charge >= 0.3 is 0 Å². The fourth-order valence-corrected chi connectivity index (χ4v) is 3.85. The summed E-state index contributed by atoms with van der Waals surface area (Å²) in [5, 5.41) is 8.08. The maximum absolute atomic E-state index is 12.9. The molecule has 0 unspecified atom stereocenters.